The summed E-state index contributed by atoms with van der Waals surface area (Å²) in [6.45, 7) is 6.60. The summed E-state index contributed by atoms with van der Waals surface area (Å²) in [6.07, 6.45) is 0.946. The van der Waals surface area contributed by atoms with Crippen LogP contribution in [0.4, 0.5) is 0 Å². The molecule has 0 heterocycles. The molecule has 1 N–H and O–H groups in total. The van der Waals surface area contributed by atoms with E-state index in [0.29, 0.717) is 13.2 Å². The number of likely N-dealkylation sites (N-methyl/N-ethyl adjacent to an activating group) is 1. The van der Waals surface area contributed by atoms with Gasteiger partial charge in [0.15, 0.2) is 0 Å². The first kappa shape index (κ1) is 16.8. The van der Waals surface area contributed by atoms with Gasteiger partial charge in [-0.05, 0) is 20.5 Å². The number of nitrogens with zero attached hydrogens (tertiary/aromatic N) is 1. The zero-order valence-corrected chi connectivity index (χ0v) is 11.5. The Morgan fingerprint density at radius 2 is 1.59 bits per heavy atom. The summed E-state index contributed by atoms with van der Waals surface area (Å²) in [7, 11) is 5.82. The summed E-state index contributed by atoms with van der Waals surface area (Å²) in [5.74, 6) is 0. The first-order valence-corrected chi connectivity index (χ1v) is 6.27. The van der Waals surface area contributed by atoms with Crippen LogP contribution < -0.4 is 5.32 Å². The molecule has 5 heteroatoms. The van der Waals surface area contributed by atoms with Crippen molar-refractivity contribution in [3.8, 4) is 0 Å². The molecule has 0 aromatic rings. The van der Waals surface area contributed by atoms with Crippen LogP contribution in [0.5, 0.6) is 0 Å². The van der Waals surface area contributed by atoms with Gasteiger partial charge in [0.05, 0.1) is 19.8 Å². The zero-order chi connectivity index (χ0) is 12.8. The summed E-state index contributed by atoms with van der Waals surface area (Å²) in [6, 6.07) is 0. The lowest BCUT2D eigenvalue weighted by atomic mass is 10.5. The van der Waals surface area contributed by atoms with Crippen molar-refractivity contribution < 1.29 is 14.2 Å². The van der Waals surface area contributed by atoms with Gasteiger partial charge < -0.3 is 24.4 Å². The minimum atomic E-state index is 0.663. The van der Waals surface area contributed by atoms with Gasteiger partial charge in [-0.25, -0.2) is 0 Å². The lowest BCUT2D eigenvalue weighted by molar-refractivity contribution is 0.0518. The average Bonchev–Trinajstić information content (AvgIpc) is 2.30. The Labute approximate surface area is 105 Å². The molecule has 17 heavy (non-hydrogen) atoms. The third kappa shape index (κ3) is 15.8. The number of rotatable bonds is 13. The quantitative estimate of drug-likeness (QED) is 0.472. The minimum Gasteiger partial charge on any atom is -0.382 e. The fourth-order valence-corrected chi connectivity index (χ4v) is 1.18. The molecule has 0 aliphatic carbocycles. The van der Waals surface area contributed by atoms with Crippen LogP contribution in [0.25, 0.3) is 0 Å². The van der Waals surface area contributed by atoms with Crippen molar-refractivity contribution in [2.24, 2.45) is 0 Å². The SMILES string of the molecule is COCCOCCCOCCNCCN(C)C. The number of hydrogen-bond donors (Lipinski definition) is 1. The van der Waals surface area contributed by atoms with Gasteiger partial charge in [0, 0.05) is 40.0 Å². The molecule has 0 aliphatic heterocycles. The third-order valence-electron chi connectivity index (χ3n) is 2.17. The summed E-state index contributed by atoms with van der Waals surface area (Å²) in [4.78, 5) is 2.16. The molecule has 0 atom stereocenters. The van der Waals surface area contributed by atoms with E-state index in [0.717, 1.165) is 45.9 Å². The summed E-state index contributed by atoms with van der Waals surface area (Å²) < 4.78 is 15.7. The van der Waals surface area contributed by atoms with E-state index in [1.165, 1.54) is 0 Å². The highest BCUT2D eigenvalue weighted by molar-refractivity contribution is 4.49. The molecule has 0 aliphatic rings. The number of hydrogen-bond acceptors (Lipinski definition) is 5. The summed E-state index contributed by atoms with van der Waals surface area (Å²) in [5.41, 5.74) is 0. The normalized spacial score (nSPS) is 11.3. The summed E-state index contributed by atoms with van der Waals surface area (Å²) in [5, 5.41) is 3.32. The van der Waals surface area contributed by atoms with Crippen LogP contribution in [-0.2, 0) is 14.2 Å². The van der Waals surface area contributed by atoms with Gasteiger partial charge in [-0.2, -0.15) is 0 Å². The molecule has 0 amide bonds. The second-order valence-electron chi connectivity index (χ2n) is 4.12. The van der Waals surface area contributed by atoms with Crippen molar-refractivity contribution in [1.29, 1.82) is 0 Å². The molecule has 0 saturated heterocycles. The Hall–Kier alpha value is -0.200. The smallest absolute Gasteiger partial charge is 0.0700 e. The molecule has 0 unspecified atom stereocenters. The monoisotopic (exact) mass is 248 g/mol. The molecule has 104 valence electrons. The maximum Gasteiger partial charge on any atom is 0.0700 e. The maximum atomic E-state index is 5.46. The highest BCUT2D eigenvalue weighted by atomic mass is 16.5. The fraction of sp³-hybridized carbons (Fsp3) is 1.00. The van der Waals surface area contributed by atoms with Gasteiger partial charge in [0.25, 0.3) is 0 Å². The van der Waals surface area contributed by atoms with Crippen LogP contribution >= 0.6 is 0 Å². The van der Waals surface area contributed by atoms with E-state index in [9.17, 15) is 0 Å². The predicted octanol–water partition coefficient (Wildman–Crippen LogP) is 0.207. The second-order valence-corrected chi connectivity index (χ2v) is 4.12. The fourth-order valence-electron chi connectivity index (χ4n) is 1.18. The molecule has 0 rings (SSSR count). The van der Waals surface area contributed by atoms with Gasteiger partial charge in [-0.1, -0.05) is 0 Å². The first-order valence-electron chi connectivity index (χ1n) is 6.27. The van der Waals surface area contributed by atoms with Crippen LogP contribution in [0.3, 0.4) is 0 Å². The molecule has 5 nitrogen and oxygen atoms in total. The Morgan fingerprint density at radius 3 is 2.24 bits per heavy atom. The molecule has 0 radical (unpaired) electrons. The molecule has 0 spiro atoms. The standard InChI is InChI=1S/C12H28N2O3/c1-14(2)7-5-13-6-10-16-8-4-9-17-12-11-15-3/h13H,4-12H2,1-3H3. The van der Waals surface area contributed by atoms with E-state index in [-0.39, 0.29) is 0 Å². The Morgan fingerprint density at radius 1 is 0.882 bits per heavy atom. The molecule has 0 aromatic heterocycles. The molecular formula is C12H28N2O3. The van der Waals surface area contributed by atoms with Gasteiger partial charge in [-0.15, -0.1) is 0 Å². The largest absolute Gasteiger partial charge is 0.382 e. The van der Waals surface area contributed by atoms with E-state index < -0.39 is 0 Å². The molecule has 0 bridgehead atoms. The van der Waals surface area contributed by atoms with Crippen molar-refractivity contribution in [3.63, 3.8) is 0 Å². The first-order chi connectivity index (χ1) is 8.27. The van der Waals surface area contributed by atoms with Crippen molar-refractivity contribution in [2.45, 2.75) is 6.42 Å². The van der Waals surface area contributed by atoms with E-state index >= 15 is 0 Å². The van der Waals surface area contributed by atoms with Crippen LogP contribution in [0, 0.1) is 0 Å². The van der Waals surface area contributed by atoms with Crippen molar-refractivity contribution in [3.05, 3.63) is 0 Å². The Balaban J connectivity index is 2.89. The predicted molar refractivity (Wildman–Crippen MR) is 69.6 cm³/mol. The molecular weight excluding hydrogens is 220 g/mol. The average molecular weight is 248 g/mol. The number of ether oxygens (including phenoxy) is 3. The van der Waals surface area contributed by atoms with Crippen LogP contribution in [0.15, 0.2) is 0 Å². The lowest BCUT2D eigenvalue weighted by Gasteiger charge is -2.10. The van der Waals surface area contributed by atoms with Crippen molar-refractivity contribution in [1.82, 2.24) is 10.2 Å². The van der Waals surface area contributed by atoms with Gasteiger partial charge in [0.1, 0.15) is 0 Å². The van der Waals surface area contributed by atoms with E-state index in [1.54, 1.807) is 7.11 Å². The summed E-state index contributed by atoms with van der Waals surface area (Å²) >= 11 is 0. The second kappa shape index (κ2) is 13.9. The number of methoxy groups -OCH3 is 1. The van der Waals surface area contributed by atoms with E-state index in [1.807, 2.05) is 0 Å². The van der Waals surface area contributed by atoms with Crippen molar-refractivity contribution in [2.75, 3.05) is 73.9 Å². The van der Waals surface area contributed by atoms with Crippen LogP contribution in [0.1, 0.15) is 6.42 Å². The van der Waals surface area contributed by atoms with E-state index in [4.69, 9.17) is 14.2 Å². The third-order valence-corrected chi connectivity index (χ3v) is 2.17. The molecule has 0 saturated carbocycles. The minimum absolute atomic E-state index is 0.663. The number of nitrogens with one attached hydrogen (secondary N) is 1. The highest BCUT2D eigenvalue weighted by Crippen LogP contribution is 1.85. The maximum absolute atomic E-state index is 5.46. The van der Waals surface area contributed by atoms with Crippen molar-refractivity contribution >= 4 is 0 Å². The molecule has 0 aromatic carbocycles. The molecule has 0 fully saturated rings. The van der Waals surface area contributed by atoms with Crippen LogP contribution in [-0.4, -0.2) is 78.8 Å². The zero-order valence-electron chi connectivity index (χ0n) is 11.5. The Bertz CT molecular complexity index is 146. The van der Waals surface area contributed by atoms with Gasteiger partial charge >= 0.3 is 0 Å². The highest BCUT2D eigenvalue weighted by Gasteiger charge is 1.92. The van der Waals surface area contributed by atoms with E-state index in [2.05, 4.69) is 24.3 Å². The Kier molecular flexibility index (Phi) is 13.7. The lowest BCUT2D eigenvalue weighted by Crippen LogP contribution is -2.29. The van der Waals surface area contributed by atoms with Gasteiger partial charge in [-0.3, -0.25) is 0 Å². The van der Waals surface area contributed by atoms with Crippen LogP contribution in [0.2, 0.25) is 0 Å². The van der Waals surface area contributed by atoms with Gasteiger partial charge in [0.2, 0.25) is 0 Å². The topological polar surface area (TPSA) is 43.0 Å².